The van der Waals surface area contributed by atoms with Crippen molar-refractivity contribution in [3.63, 3.8) is 0 Å². The zero-order chi connectivity index (χ0) is 62.9. The first-order valence-corrected chi connectivity index (χ1v) is 33.1. The molecule has 21 nitrogen and oxygen atoms in total. The van der Waals surface area contributed by atoms with E-state index in [-0.39, 0.29) is 125 Å². The van der Waals surface area contributed by atoms with Crippen LogP contribution in [0, 0.1) is 28.6 Å². The second-order valence-electron chi connectivity index (χ2n) is 23.2. The molecule has 0 aliphatic heterocycles. The lowest BCUT2D eigenvalue weighted by atomic mass is 9.83. The van der Waals surface area contributed by atoms with Gasteiger partial charge < -0.3 is 58.2 Å². The number of nitrogens with two attached hydrogens (primary N) is 2. The van der Waals surface area contributed by atoms with Gasteiger partial charge in [-0.1, -0.05) is 173 Å². The number of hydrogen-bond donors (Lipinski definition) is 11. The fourth-order valence-electron chi connectivity index (χ4n) is 11.2. The van der Waals surface area contributed by atoms with Gasteiger partial charge in [-0.05, 0) is 72.7 Å². The number of benzene rings is 4. The molecular formula is C66H93N11O10S. The van der Waals surface area contributed by atoms with E-state index in [1.807, 2.05) is 30.3 Å². The van der Waals surface area contributed by atoms with Gasteiger partial charge >= 0.3 is 0 Å². The maximum atomic E-state index is 14.2. The second-order valence-corrected chi connectivity index (χ2v) is 25.3. The second kappa shape index (κ2) is 38.0. The van der Waals surface area contributed by atoms with E-state index in [1.165, 1.54) is 6.42 Å². The summed E-state index contributed by atoms with van der Waals surface area (Å²) in [5.74, 6) is -3.63. The molecule has 4 aromatic carbocycles. The molecule has 22 heteroatoms. The molecule has 0 spiro atoms. The molecule has 0 bridgehead atoms. The number of nitrogen functional groups attached to an aromatic ring is 2. The summed E-state index contributed by atoms with van der Waals surface area (Å²) < 4.78 is 38.5. The summed E-state index contributed by atoms with van der Waals surface area (Å²) in [5, 5.41) is 36.0. The number of amides is 6. The fourth-order valence-corrected chi connectivity index (χ4v) is 13.0. The zero-order valence-electron chi connectivity index (χ0n) is 50.8. The molecule has 478 valence electrons. The van der Waals surface area contributed by atoms with Crippen LogP contribution < -0.4 is 48.7 Å². The molecule has 0 heterocycles. The molecule has 6 amide bonds. The fraction of sp³-hybridized carbons (Fsp3) is 0.515. The highest BCUT2D eigenvalue weighted by Crippen LogP contribution is 2.31. The zero-order valence-corrected chi connectivity index (χ0v) is 51.6. The molecular weight excluding hydrogens is 1140 g/mol. The first-order chi connectivity index (χ1) is 42.5. The number of nitrogens with one attached hydrogen (secondary N) is 9. The molecule has 13 N–H and O–H groups in total. The predicted molar refractivity (Wildman–Crippen MR) is 340 cm³/mol. The summed E-state index contributed by atoms with van der Waals surface area (Å²) in [5.41, 5.74) is 15.6. The van der Waals surface area contributed by atoms with Crippen LogP contribution in [0.5, 0.6) is 0 Å². The highest BCUT2D eigenvalue weighted by molar-refractivity contribution is 7.90. The lowest BCUT2D eigenvalue weighted by Gasteiger charge is -2.28. The number of sulfone groups is 1. The maximum Gasteiger partial charge on any atom is 0.242 e. The van der Waals surface area contributed by atoms with Crippen molar-refractivity contribution in [2.75, 3.05) is 51.8 Å². The van der Waals surface area contributed by atoms with Crippen LogP contribution in [0.1, 0.15) is 136 Å². The van der Waals surface area contributed by atoms with Crippen LogP contribution in [0.15, 0.2) is 109 Å². The minimum absolute atomic E-state index is 0.0422. The third-order valence-corrected chi connectivity index (χ3v) is 17.9. The summed E-state index contributed by atoms with van der Waals surface area (Å²) in [6.07, 6.45) is 12.0. The average Bonchev–Trinajstić information content (AvgIpc) is 3.66. The van der Waals surface area contributed by atoms with E-state index < -0.39 is 51.6 Å². The Kier molecular flexibility index (Phi) is 30.0. The number of hydrogen-bond acceptors (Lipinski definition) is 13. The van der Waals surface area contributed by atoms with Crippen LogP contribution in [-0.2, 0) is 73.3 Å². The lowest BCUT2D eigenvalue weighted by molar-refractivity contribution is -0.132. The Labute approximate surface area is 519 Å². The van der Waals surface area contributed by atoms with Crippen molar-refractivity contribution >= 4 is 57.0 Å². The van der Waals surface area contributed by atoms with E-state index in [9.17, 15) is 37.2 Å². The highest BCUT2D eigenvalue weighted by Gasteiger charge is 2.33. The van der Waals surface area contributed by atoms with E-state index in [0.29, 0.717) is 47.6 Å². The Morgan fingerprint density at radius 3 is 1.40 bits per heavy atom. The molecule has 0 aromatic heterocycles. The standard InChI is InChI=1S/C66H93N11O10S/c67-61(68)53-25-21-50(22-26-53)43-74-64(81)56(76-63(80)55(41-48-15-7-2-8-16-48)46-88(84,85)45-52-19-11-4-12-20-52)29-31-59(78)72-35-37-86-39-40-87-38-36-73-60(79)32-30-57(65(82)75-44-51-23-27-54(28-24-51)62(69)70)77-66(83)58(42-49-17-9-3-10-18-49)71-34-33-47-13-5-1-6-14-47/h1,4-6,11-14,19-28,48-49,55-58,71H,2-3,7-10,15-18,29-46H2,(H3,67,68)(H3,69,70)(H,72,78)(H,73,79)(H,74,81)(H,75,82)(H,76,80)(H,77,83)/t55-,56-,57-,58+/m0/s1. The molecule has 2 aliphatic carbocycles. The van der Waals surface area contributed by atoms with Crippen LogP contribution >= 0.6 is 0 Å². The van der Waals surface area contributed by atoms with E-state index >= 15 is 0 Å². The monoisotopic (exact) mass is 1230 g/mol. The Balaban J connectivity index is 0.934. The van der Waals surface area contributed by atoms with Gasteiger partial charge in [-0.2, -0.15) is 0 Å². The summed E-state index contributed by atoms with van der Waals surface area (Å²) >= 11 is 0. The summed E-state index contributed by atoms with van der Waals surface area (Å²) in [4.78, 5) is 82.2. The average molecular weight is 1230 g/mol. The van der Waals surface area contributed by atoms with Crippen molar-refractivity contribution in [3.05, 3.63) is 143 Å². The third-order valence-electron chi connectivity index (χ3n) is 16.2. The van der Waals surface area contributed by atoms with Gasteiger partial charge in [0, 0.05) is 50.1 Å². The molecule has 88 heavy (non-hydrogen) atoms. The van der Waals surface area contributed by atoms with E-state index in [1.54, 1.807) is 78.9 Å². The molecule has 0 saturated heterocycles. The number of carbonyl (C=O) groups is 6. The first-order valence-electron chi connectivity index (χ1n) is 31.2. The number of rotatable bonds is 39. The normalized spacial score (nSPS) is 15.1. The van der Waals surface area contributed by atoms with Gasteiger partial charge in [0.1, 0.15) is 23.8 Å². The Hall–Kier alpha value is -7.53. The van der Waals surface area contributed by atoms with Crippen LogP contribution in [0.25, 0.3) is 0 Å². The molecule has 2 aliphatic rings. The van der Waals surface area contributed by atoms with Gasteiger partial charge in [-0.3, -0.25) is 39.6 Å². The smallest absolute Gasteiger partial charge is 0.242 e. The largest absolute Gasteiger partial charge is 0.384 e. The van der Waals surface area contributed by atoms with Gasteiger partial charge in [-0.15, -0.1) is 0 Å². The van der Waals surface area contributed by atoms with Crippen molar-refractivity contribution in [2.45, 2.75) is 146 Å². The van der Waals surface area contributed by atoms with Crippen LogP contribution in [0.3, 0.4) is 0 Å². The van der Waals surface area contributed by atoms with Crippen molar-refractivity contribution in [1.82, 2.24) is 37.2 Å². The number of carbonyl (C=O) groups excluding carboxylic acids is 6. The van der Waals surface area contributed by atoms with E-state index in [0.717, 1.165) is 75.3 Å². The first kappa shape index (κ1) is 69.6. The van der Waals surface area contributed by atoms with Crippen LogP contribution in [0.4, 0.5) is 0 Å². The molecule has 2 saturated carbocycles. The quantitative estimate of drug-likeness (QED) is 0.0153. The number of amidine groups is 2. The minimum Gasteiger partial charge on any atom is -0.384 e. The topological polar surface area (TPSA) is 339 Å². The van der Waals surface area contributed by atoms with E-state index in [4.69, 9.17) is 31.8 Å². The predicted octanol–water partition coefficient (Wildman–Crippen LogP) is 5.36. The Bertz CT molecular complexity index is 2940. The van der Waals surface area contributed by atoms with Crippen molar-refractivity contribution in [3.8, 4) is 0 Å². The van der Waals surface area contributed by atoms with Crippen LogP contribution in [0.2, 0.25) is 0 Å². The van der Waals surface area contributed by atoms with Gasteiger partial charge in [0.25, 0.3) is 0 Å². The summed E-state index contributed by atoms with van der Waals surface area (Å²) in [7, 11) is -3.74. The molecule has 2 fully saturated rings. The minimum atomic E-state index is -3.74. The van der Waals surface area contributed by atoms with Gasteiger partial charge in [0.15, 0.2) is 9.84 Å². The van der Waals surface area contributed by atoms with E-state index in [2.05, 4.69) is 37.2 Å². The Morgan fingerprint density at radius 2 is 0.932 bits per heavy atom. The maximum absolute atomic E-state index is 14.2. The van der Waals surface area contributed by atoms with Crippen molar-refractivity contribution < 1.29 is 46.7 Å². The number of ether oxygens (including phenoxy) is 2. The summed E-state index contributed by atoms with van der Waals surface area (Å²) in [6.45, 7) is 1.88. The van der Waals surface area contributed by atoms with Crippen LogP contribution in [-0.4, -0.2) is 125 Å². The SMILES string of the molecule is N=C(N)c1ccc(CNC(=O)[C@H](CCC(=O)NCCOCCOCCNC(=O)CC[C@H](NC(=O)[C@@H](CC2CCCCC2)NCCc2ccccc2)C(=O)NCc2ccc(C(=N)N)cc2)NC(=O)[C@@H](CC2CCCCC2)CS(=O)(=O)Cc2ccccc2)cc1. The Morgan fingerprint density at radius 1 is 0.489 bits per heavy atom. The summed E-state index contributed by atoms with van der Waals surface area (Å²) in [6, 6.07) is 29.9. The van der Waals surface area contributed by atoms with Crippen molar-refractivity contribution in [2.24, 2.45) is 29.2 Å². The molecule has 4 aromatic rings. The highest BCUT2D eigenvalue weighted by atomic mass is 32.2. The molecule has 0 radical (unpaired) electrons. The van der Waals surface area contributed by atoms with Gasteiger partial charge in [-0.25, -0.2) is 8.42 Å². The van der Waals surface area contributed by atoms with Crippen molar-refractivity contribution in [1.29, 1.82) is 10.8 Å². The molecule has 6 rings (SSSR count). The van der Waals surface area contributed by atoms with Gasteiger partial charge in [0.05, 0.1) is 49.9 Å². The lowest BCUT2D eigenvalue weighted by Crippen LogP contribution is -2.53. The third kappa shape index (κ3) is 26.4. The molecule has 0 unspecified atom stereocenters. The van der Waals surface area contributed by atoms with Gasteiger partial charge in [0.2, 0.25) is 35.4 Å². The molecule has 4 atom stereocenters.